The number of piperidine rings is 1. The van der Waals surface area contributed by atoms with Crippen molar-refractivity contribution in [1.82, 2.24) is 15.0 Å². The molecule has 1 amide bonds. The molecule has 3 rings (SSSR count). The molecule has 0 radical (unpaired) electrons. The van der Waals surface area contributed by atoms with E-state index in [2.05, 4.69) is 10.1 Å². The van der Waals surface area contributed by atoms with Crippen LogP contribution in [0.15, 0.2) is 28.8 Å². The Hall–Kier alpha value is -2.90. The number of aryl methyl sites for hydroxylation is 1. The minimum atomic E-state index is -0.832. The molecule has 1 aromatic carbocycles. The van der Waals surface area contributed by atoms with Crippen LogP contribution in [0.25, 0.3) is 11.4 Å². The van der Waals surface area contributed by atoms with Crippen LogP contribution in [-0.4, -0.2) is 51.7 Å². The number of nitrogens with zero attached hydrogens (tertiary/aromatic N) is 3. The van der Waals surface area contributed by atoms with Gasteiger partial charge < -0.3 is 19.3 Å². The second-order valence-electron chi connectivity index (χ2n) is 7.10. The molecule has 2 heterocycles. The molecule has 1 aliphatic rings. The monoisotopic (exact) mass is 387 g/mol. The zero-order chi connectivity index (χ0) is 20.1. The number of hydrogen-bond donors (Lipinski definition) is 1. The van der Waals surface area contributed by atoms with Gasteiger partial charge in [0.1, 0.15) is 5.75 Å². The standard InChI is InChI=1S/C20H25N3O5/c1-13-6-7-15(20(25)26)12-23(13)18(24)5-3-4-17-21-19(22-28-17)14-8-10-16(27-2)11-9-14/h8-11,13,15H,3-7,12H2,1-2H3,(H,25,26). The van der Waals surface area contributed by atoms with Gasteiger partial charge >= 0.3 is 5.97 Å². The second-order valence-corrected chi connectivity index (χ2v) is 7.10. The van der Waals surface area contributed by atoms with E-state index in [1.165, 1.54) is 0 Å². The molecule has 0 spiro atoms. The van der Waals surface area contributed by atoms with Crippen LogP contribution in [0.3, 0.4) is 0 Å². The summed E-state index contributed by atoms with van der Waals surface area (Å²) in [4.78, 5) is 29.8. The third kappa shape index (κ3) is 4.68. The van der Waals surface area contributed by atoms with Crippen LogP contribution >= 0.6 is 0 Å². The van der Waals surface area contributed by atoms with Crippen molar-refractivity contribution in [1.29, 1.82) is 0 Å². The third-order valence-corrected chi connectivity index (χ3v) is 5.15. The van der Waals surface area contributed by atoms with Crippen molar-refractivity contribution in [2.24, 2.45) is 5.92 Å². The van der Waals surface area contributed by atoms with E-state index in [1.54, 1.807) is 12.0 Å². The van der Waals surface area contributed by atoms with Crippen molar-refractivity contribution in [3.63, 3.8) is 0 Å². The smallest absolute Gasteiger partial charge is 0.308 e. The van der Waals surface area contributed by atoms with Crippen LogP contribution in [0.4, 0.5) is 0 Å². The summed E-state index contributed by atoms with van der Waals surface area (Å²) < 4.78 is 10.4. The first-order chi connectivity index (χ1) is 13.5. The molecule has 2 aromatic rings. The number of amides is 1. The van der Waals surface area contributed by atoms with Crippen molar-refractivity contribution < 1.29 is 24.0 Å². The predicted molar refractivity (Wildman–Crippen MR) is 101 cm³/mol. The lowest BCUT2D eigenvalue weighted by Gasteiger charge is -2.36. The minimum absolute atomic E-state index is 0.0201. The molecule has 1 fully saturated rings. The van der Waals surface area contributed by atoms with Gasteiger partial charge in [-0.15, -0.1) is 0 Å². The highest BCUT2D eigenvalue weighted by Gasteiger charge is 2.32. The van der Waals surface area contributed by atoms with Crippen LogP contribution in [0.1, 0.15) is 38.5 Å². The number of likely N-dealkylation sites (tertiary alicyclic amines) is 1. The number of carboxylic acids is 1. The lowest BCUT2D eigenvalue weighted by molar-refractivity contribution is -0.147. The zero-order valence-electron chi connectivity index (χ0n) is 16.1. The molecule has 1 saturated heterocycles. The molecular weight excluding hydrogens is 362 g/mol. The highest BCUT2D eigenvalue weighted by molar-refractivity contribution is 5.78. The molecule has 1 aliphatic heterocycles. The third-order valence-electron chi connectivity index (χ3n) is 5.15. The SMILES string of the molecule is COc1ccc(-c2noc(CCCC(=O)N3CC(C(=O)O)CCC3C)n2)cc1. The van der Waals surface area contributed by atoms with Crippen LogP contribution in [-0.2, 0) is 16.0 Å². The zero-order valence-corrected chi connectivity index (χ0v) is 16.1. The number of carbonyl (C=O) groups is 2. The molecule has 2 unspecified atom stereocenters. The summed E-state index contributed by atoms with van der Waals surface area (Å²) in [5.41, 5.74) is 0.828. The Morgan fingerprint density at radius 2 is 2.04 bits per heavy atom. The number of aliphatic carboxylic acids is 1. The number of benzene rings is 1. The van der Waals surface area contributed by atoms with Crippen LogP contribution in [0.5, 0.6) is 5.75 Å². The Morgan fingerprint density at radius 1 is 1.29 bits per heavy atom. The van der Waals surface area contributed by atoms with E-state index < -0.39 is 11.9 Å². The van der Waals surface area contributed by atoms with Gasteiger partial charge in [-0.2, -0.15) is 4.98 Å². The van der Waals surface area contributed by atoms with Gasteiger partial charge in [-0.05, 0) is 50.5 Å². The number of hydrogen-bond acceptors (Lipinski definition) is 6. The van der Waals surface area contributed by atoms with Gasteiger partial charge in [0.2, 0.25) is 17.6 Å². The quantitative estimate of drug-likeness (QED) is 0.778. The molecular formula is C20H25N3O5. The predicted octanol–water partition coefficient (Wildman–Crippen LogP) is 2.78. The normalized spacial score (nSPS) is 19.4. The van der Waals surface area contributed by atoms with Gasteiger partial charge in [0.15, 0.2) is 0 Å². The lowest BCUT2D eigenvalue weighted by atomic mass is 9.93. The maximum Gasteiger partial charge on any atom is 0.308 e. The molecule has 28 heavy (non-hydrogen) atoms. The molecule has 0 saturated carbocycles. The topological polar surface area (TPSA) is 106 Å². The van der Waals surface area contributed by atoms with E-state index in [4.69, 9.17) is 9.26 Å². The summed E-state index contributed by atoms with van der Waals surface area (Å²) in [5, 5.41) is 13.2. The van der Waals surface area contributed by atoms with Gasteiger partial charge in [-0.25, -0.2) is 0 Å². The fourth-order valence-electron chi connectivity index (χ4n) is 3.40. The average molecular weight is 387 g/mol. The number of ether oxygens (including phenoxy) is 1. The number of methoxy groups -OCH3 is 1. The maximum atomic E-state index is 12.5. The Kier molecular flexibility index (Phi) is 6.28. The summed E-state index contributed by atoms with van der Waals surface area (Å²) in [7, 11) is 1.61. The van der Waals surface area contributed by atoms with Gasteiger partial charge in [0.05, 0.1) is 13.0 Å². The van der Waals surface area contributed by atoms with Crippen molar-refractivity contribution in [3.8, 4) is 17.1 Å². The van der Waals surface area contributed by atoms with E-state index in [1.807, 2.05) is 31.2 Å². The van der Waals surface area contributed by atoms with Crippen molar-refractivity contribution in [3.05, 3.63) is 30.2 Å². The van der Waals surface area contributed by atoms with Gasteiger partial charge in [-0.3, -0.25) is 9.59 Å². The van der Waals surface area contributed by atoms with E-state index in [0.29, 0.717) is 37.4 Å². The number of carboxylic acid groups (broad SMARTS) is 1. The number of aromatic nitrogens is 2. The van der Waals surface area contributed by atoms with Crippen LogP contribution in [0, 0.1) is 5.92 Å². The van der Waals surface area contributed by atoms with Crippen molar-refractivity contribution >= 4 is 11.9 Å². The fraction of sp³-hybridized carbons (Fsp3) is 0.500. The van der Waals surface area contributed by atoms with Gasteiger partial charge in [-0.1, -0.05) is 5.16 Å². The summed E-state index contributed by atoms with van der Waals surface area (Å²) in [5.74, 6) is 0.410. The Balaban J connectivity index is 1.51. The van der Waals surface area contributed by atoms with E-state index >= 15 is 0 Å². The molecule has 150 valence electrons. The Labute approximate surface area is 163 Å². The second kappa shape index (κ2) is 8.86. The molecule has 8 nitrogen and oxygen atoms in total. The largest absolute Gasteiger partial charge is 0.497 e. The summed E-state index contributed by atoms with van der Waals surface area (Å²) in [6, 6.07) is 7.44. The highest BCUT2D eigenvalue weighted by atomic mass is 16.5. The van der Waals surface area contributed by atoms with E-state index in [9.17, 15) is 14.7 Å². The molecule has 8 heteroatoms. The van der Waals surface area contributed by atoms with Crippen LogP contribution in [0.2, 0.25) is 0 Å². The maximum absolute atomic E-state index is 12.5. The van der Waals surface area contributed by atoms with Crippen molar-refractivity contribution in [2.75, 3.05) is 13.7 Å². The number of carbonyl (C=O) groups excluding carboxylic acids is 1. The molecule has 2 atom stereocenters. The summed E-state index contributed by atoms with van der Waals surface area (Å²) in [6.07, 6.45) is 2.74. The molecule has 0 bridgehead atoms. The van der Waals surface area contributed by atoms with E-state index in [0.717, 1.165) is 17.7 Å². The Bertz CT molecular complexity index is 818. The first kappa shape index (κ1) is 19.9. The van der Waals surface area contributed by atoms with Crippen molar-refractivity contribution in [2.45, 2.75) is 45.1 Å². The fourth-order valence-corrected chi connectivity index (χ4v) is 3.40. The van der Waals surface area contributed by atoms with Gasteiger partial charge in [0.25, 0.3) is 0 Å². The minimum Gasteiger partial charge on any atom is -0.497 e. The van der Waals surface area contributed by atoms with Gasteiger partial charge in [0, 0.05) is 31.0 Å². The van der Waals surface area contributed by atoms with Crippen LogP contribution < -0.4 is 4.74 Å². The number of rotatable bonds is 7. The molecule has 0 aliphatic carbocycles. The Morgan fingerprint density at radius 3 is 2.71 bits per heavy atom. The average Bonchev–Trinajstić information content (AvgIpc) is 3.17. The first-order valence-electron chi connectivity index (χ1n) is 9.47. The first-order valence-corrected chi connectivity index (χ1v) is 9.47. The molecule has 1 aromatic heterocycles. The van der Waals surface area contributed by atoms with E-state index in [-0.39, 0.29) is 18.5 Å². The highest BCUT2D eigenvalue weighted by Crippen LogP contribution is 2.24. The summed E-state index contributed by atoms with van der Waals surface area (Å²) in [6.45, 7) is 2.26. The summed E-state index contributed by atoms with van der Waals surface area (Å²) >= 11 is 0. The molecule has 1 N–H and O–H groups in total. The lowest BCUT2D eigenvalue weighted by Crippen LogP contribution is -2.47.